The Kier molecular flexibility index (Phi) is 4.65. The second kappa shape index (κ2) is 5.94. The van der Waals surface area contributed by atoms with E-state index in [1.807, 2.05) is 12.3 Å². The van der Waals surface area contributed by atoms with Crippen molar-refractivity contribution in [3.05, 3.63) is 28.8 Å². The van der Waals surface area contributed by atoms with E-state index >= 15 is 0 Å². The molecule has 4 nitrogen and oxygen atoms in total. The molecule has 0 spiro atoms. The molecule has 0 heterocycles. The van der Waals surface area contributed by atoms with Gasteiger partial charge in [0.15, 0.2) is 0 Å². The van der Waals surface area contributed by atoms with Crippen LogP contribution in [0.2, 0.25) is 5.02 Å². The first-order valence-corrected chi connectivity index (χ1v) is 9.25. The molecule has 0 unspecified atom stereocenters. The van der Waals surface area contributed by atoms with Gasteiger partial charge >= 0.3 is 0 Å². The number of rotatable bonds is 5. The van der Waals surface area contributed by atoms with Crippen molar-refractivity contribution in [1.29, 1.82) is 5.26 Å². The molecule has 0 bridgehead atoms. The number of sulfonamides is 1. The van der Waals surface area contributed by atoms with Crippen LogP contribution in [-0.2, 0) is 10.0 Å². The highest BCUT2D eigenvalue weighted by molar-refractivity contribution is 8.00. The minimum atomic E-state index is -3.58. The second-order valence-corrected chi connectivity index (χ2v) is 8.27. The minimum absolute atomic E-state index is 0.0312. The molecule has 0 aromatic heterocycles. The molecule has 0 saturated heterocycles. The van der Waals surface area contributed by atoms with Gasteiger partial charge in [-0.3, -0.25) is 0 Å². The SMILES string of the molecule is CSC1(CNS(=O)(=O)c2ccc(C#N)c(Cl)c2)CCC1. The van der Waals surface area contributed by atoms with E-state index in [9.17, 15) is 8.42 Å². The molecule has 1 N–H and O–H groups in total. The summed E-state index contributed by atoms with van der Waals surface area (Å²) in [4.78, 5) is 0.0945. The monoisotopic (exact) mass is 330 g/mol. The van der Waals surface area contributed by atoms with Gasteiger partial charge in [0, 0.05) is 11.3 Å². The quantitative estimate of drug-likeness (QED) is 0.901. The Labute approximate surface area is 128 Å². The summed E-state index contributed by atoms with van der Waals surface area (Å²) in [6, 6.07) is 6.04. The van der Waals surface area contributed by atoms with Gasteiger partial charge < -0.3 is 0 Å². The number of thioether (sulfide) groups is 1. The number of nitrogens with zero attached hydrogens (tertiary/aromatic N) is 1. The molecule has 0 atom stereocenters. The standard InChI is InChI=1S/C13H15ClN2O2S2/c1-19-13(5-2-6-13)9-16-20(17,18)11-4-3-10(8-15)12(14)7-11/h3-4,7,16H,2,5-6,9H2,1H3. The van der Waals surface area contributed by atoms with Gasteiger partial charge in [0.25, 0.3) is 0 Å². The lowest BCUT2D eigenvalue weighted by molar-refractivity contribution is 0.362. The minimum Gasteiger partial charge on any atom is -0.210 e. The summed E-state index contributed by atoms with van der Waals surface area (Å²) in [7, 11) is -3.58. The van der Waals surface area contributed by atoms with E-state index in [2.05, 4.69) is 4.72 Å². The zero-order valence-corrected chi connectivity index (χ0v) is 13.4. The zero-order valence-electron chi connectivity index (χ0n) is 11.0. The second-order valence-electron chi connectivity index (χ2n) is 4.82. The maximum Gasteiger partial charge on any atom is 0.240 e. The van der Waals surface area contributed by atoms with Crippen LogP contribution in [0.4, 0.5) is 0 Å². The van der Waals surface area contributed by atoms with E-state index in [4.69, 9.17) is 16.9 Å². The third-order valence-electron chi connectivity index (χ3n) is 3.65. The van der Waals surface area contributed by atoms with Gasteiger partial charge in [-0.25, -0.2) is 13.1 Å². The Bertz CT molecular complexity index is 643. The van der Waals surface area contributed by atoms with Gasteiger partial charge in [0.05, 0.1) is 15.5 Å². The molecule has 1 fully saturated rings. The average Bonchev–Trinajstić information content (AvgIpc) is 2.38. The molecule has 1 aromatic rings. The smallest absolute Gasteiger partial charge is 0.210 e. The lowest BCUT2D eigenvalue weighted by atomic mass is 9.84. The summed E-state index contributed by atoms with van der Waals surface area (Å²) in [5, 5.41) is 8.94. The molecule has 0 radical (unpaired) electrons. The number of hydrogen-bond donors (Lipinski definition) is 1. The fourth-order valence-electron chi connectivity index (χ4n) is 2.09. The van der Waals surface area contributed by atoms with E-state index in [1.165, 1.54) is 18.2 Å². The summed E-state index contributed by atoms with van der Waals surface area (Å²) in [6.45, 7) is 0.425. The van der Waals surface area contributed by atoms with Crippen LogP contribution in [0.5, 0.6) is 0 Å². The van der Waals surface area contributed by atoms with Crippen LogP contribution in [0, 0.1) is 11.3 Å². The zero-order chi connectivity index (χ0) is 14.8. The van der Waals surface area contributed by atoms with Crippen molar-refractivity contribution in [3.8, 4) is 6.07 Å². The number of benzene rings is 1. The first-order valence-electron chi connectivity index (χ1n) is 6.17. The van der Waals surface area contributed by atoms with Crippen LogP contribution < -0.4 is 4.72 Å². The Balaban J connectivity index is 2.14. The molecule has 20 heavy (non-hydrogen) atoms. The van der Waals surface area contributed by atoms with Crippen molar-refractivity contribution in [2.24, 2.45) is 0 Å². The van der Waals surface area contributed by atoms with E-state index in [0.29, 0.717) is 6.54 Å². The fraction of sp³-hybridized carbons (Fsp3) is 0.462. The van der Waals surface area contributed by atoms with Gasteiger partial charge in [-0.05, 0) is 37.3 Å². The molecular weight excluding hydrogens is 316 g/mol. The van der Waals surface area contributed by atoms with Crippen molar-refractivity contribution in [3.63, 3.8) is 0 Å². The van der Waals surface area contributed by atoms with Crippen LogP contribution in [0.1, 0.15) is 24.8 Å². The maximum absolute atomic E-state index is 12.2. The third-order valence-corrected chi connectivity index (χ3v) is 6.78. The molecule has 2 rings (SSSR count). The van der Waals surface area contributed by atoms with Crippen molar-refractivity contribution in [2.75, 3.05) is 12.8 Å². The van der Waals surface area contributed by atoms with Crippen LogP contribution in [0.15, 0.2) is 23.1 Å². The van der Waals surface area contributed by atoms with Crippen molar-refractivity contribution < 1.29 is 8.42 Å². The molecule has 1 aliphatic carbocycles. The van der Waals surface area contributed by atoms with Crippen molar-refractivity contribution >= 4 is 33.4 Å². The highest BCUT2D eigenvalue weighted by atomic mass is 35.5. The summed E-state index contributed by atoms with van der Waals surface area (Å²) in [5.41, 5.74) is 0.269. The summed E-state index contributed by atoms with van der Waals surface area (Å²) in [5.74, 6) is 0. The predicted molar refractivity (Wildman–Crippen MR) is 81.5 cm³/mol. The average molecular weight is 331 g/mol. The van der Waals surface area contributed by atoms with E-state index in [-0.39, 0.29) is 20.2 Å². The van der Waals surface area contributed by atoms with E-state index in [0.717, 1.165) is 19.3 Å². The van der Waals surface area contributed by atoms with E-state index in [1.54, 1.807) is 11.8 Å². The van der Waals surface area contributed by atoms with E-state index < -0.39 is 10.0 Å². The van der Waals surface area contributed by atoms with Crippen LogP contribution in [0.25, 0.3) is 0 Å². The molecule has 7 heteroatoms. The van der Waals surface area contributed by atoms with Crippen molar-refractivity contribution in [2.45, 2.75) is 28.9 Å². The molecule has 1 saturated carbocycles. The first-order chi connectivity index (χ1) is 9.42. The highest BCUT2D eigenvalue weighted by Crippen LogP contribution is 2.42. The van der Waals surface area contributed by atoms with Crippen LogP contribution in [0.3, 0.4) is 0 Å². The fourth-order valence-corrected chi connectivity index (χ4v) is 4.53. The highest BCUT2D eigenvalue weighted by Gasteiger charge is 2.37. The molecule has 1 aliphatic rings. The van der Waals surface area contributed by atoms with Crippen LogP contribution in [-0.4, -0.2) is 26.0 Å². The maximum atomic E-state index is 12.2. The largest absolute Gasteiger partial charge is 0.240 e. The summed E-state index contributed by atoms with van der Waals surface area (Å²) in [6.07, 6.45) is 5.22. The summed E-state index contributed by atoms with van der Waals surface area (Å²) < 4.78 is 27.1. The Morgan fingerprint density at radius 2 is 2.20 bits per heavy atom. The number of halogens is 1. The Morgan fingerprint density at radius 3 is 2.65 bits per heavy atom. The molecule has 0 amide bonds. The summed E-state index contributed by atoms with van der Waals surface area (Å²) >= 11 is 7.58. The Morgan fingerprint density at radius 1 is 1.50 bits per heavy atom. The molecule has 1 aromatic carbocycles. The third kappa shape index (κ3) is 3.12. The lowest BCUT2D eigenvalue weighted by Gasteiger charge is -2.40. The lowest BCUT2D eigenvalue weighted by Crippen LogP contribution is -2.45. The topological polar surface area (TPSA) is 70.0 Å². The molecule has 0 aliphatic heterocycles. The van der Waals surface area contributed by atoms with Gasteiger partial charge in [-0.15, -0.1) is 0 Å². The number of nitrogens with one attached hydrogen (secondary N) is 1. The normalized spacial score (nSPS) is 17.2. The number of hydrogen-bond acceptors (Lipinski definition) is 4. The molecular formula is C13H15ClN2O2S2. The van der Waals surface area contributed by atoms with Gasteiger partial charge in [0.1, 0.15) is 6.07 Å². The van der Waals surface area contributed by atoms with Crippen LogP contribution >= 0.6 is 23.4 Å². The molecule has 108 valence electrons. The first kappa shape index (κ1) is 15.6. The predicted octanol–water partition coefficient (Wildman–Crippen LogP) is 2.78. The van der Waals surface area contributed by atoms with Gasteiger partial charge in [-0.2, -0.15) is 17.0 Å². The Hall–Kier alpha value is -0.740. The van der Waals surface area contributed by atoms with Crippen molar-refractivity contribution in [1.82, 2.24) is 4.72 Å². The number of nitriles is 1. The van der Waals surface area contributed by atoms with Gasteiger partial charge in [0.2, 0.25) is 10.0 Å². The van der Waals surface area contributed by atoms with Gasteiger partial charge in [-0.1, -0.05) is 18.0 Å².